The van der Waals surface area contributed by atoms with Crippen molar-refractivity contribution in [3.05, 3.63) is 30.3 Å². The van der Waals surface area contributed by atoms with Crippen LogP contribution in [0.5, 0.6) is 11.5 Å². The predicted molar refractivity (Wildman–Crippen MR) is 107 cm³/mol. The molecule has 2 rings (SSSR count). The van der Waals surface area contributed by atoms with Gasteiger partial charge in [-0.05, 0) is 12.1 Å². The molecule has 176 valence electrons. The Labute approximate surface area is 183 Å². The lowest BCUT2D eigenvalue weighted by Gasteiger charge is -2.13. The number of phenols is 1. The van der Waals surface area contributed by atoms with E-state index in [4.69, 9.17) is 4.18 Å². The van der Waals surface area contributed by atoms with Gasteiger partial charge in [0.15, 0.2) is 0 Å². The zero-order chi connectivity index (χ0) is 24.5. The molecule has 0 aliphatic rings. The molecule has 2 aromatic carbocycles. The summed E-state index contributed by atoms with van der Waals surface area (Å²) in [5.74, 6) is -1.29. The van der Waals surface area contributed by atoms with Crippen LogP contribution in [0.1, 0.15) is 0 Å². The van der Waals surface area contributed by atoms with Crippen LogP contribution >= 0.6 is 0 Å². The van der Waals surface area contributed by atoms with E-state index in [9.17, 15) is 48.2 Å². The van der Waals surface area contributed by atoms with Crippen molar-refractivity contribution in [1.29, 1.82) is 0 Å². The van der Waals surface area contributed by atoms with E-state index >= 15 is 0 Å². The number of aromatic hydroxyl groups is 1. The van der Waals surface area contributed by atoms with Crippen molar-refractivity contribution in [2.24, 2.45) is 10.2 Å². The molecule has 0 saturated carbocycles. The quantitative estimate of drug-likeness (QED) is 0.236. The van der Waals surface area contributed by atoms with Crippen molar-refractivity contribution in [2.75, 3.05) is 11.8 Å². The largest absolute Gasteiger partial charge is 0.506 e. The summed E-state index contributed by atoms with van der Waals surface area (Å²) in [6, 6.07) is 4.10. The number of hydrogen-bond donors (Lipinski definition) is 5. The highest BCUT2D eigenvalue weighted by molar-refractivity contribution is 7.90. The Kier molecular flexibility index (Phi) is 7.24. The summed E-state index contributed by atoms with van der Waals surface area (Å²) < 4.78 is 116. The highest BCUT2D eigenvalue weighted by atomic mass is 32.2. The van der Waals surface area contributed by atoms with Gasteiger partial charge in [-0.1, -0.05) is 0 Å². The van der Waals surface area contributed by atoms with E-state index in [1.165, 1.54) is 19.2 Å². The van der Waals surface area contributed by atoms with Crippen molar-refractivity contribution < 1.29 is 52.4 Å². The Morgan fingerprint density at radius 2 is 1.44 bits per heavy atom. The number of nitrogens with zero attached hydrogens (tertiary/aromatic N) is 2. The first-order valence-electron chi connectivity index (χ1n) is 7.64. The summed E-state index contributed by atoms with van der Waals surface area (Å²) in [4.78, 5) is -5.19. The normalized spacial score (nSPS) is 13.8. The molecule has 0 aliphatic carbocycles. The molecule has 2 aromatic rings. The summed E-state index contributed by atoms with van der Waals surface area (Å²) in [5, 5.41) is 16.8. The van der Waals surface area contributed by atoms with E-state index in [0.29, 0.717) is 0 Å². The molecule has 15 nitrogen and oxygen atoms in total. The molecule has 0 aromatic heterocycles. The molecule has 0 radical (unpaired) electrons. The molecule has 1 unspecified atom stereocenters. The van der Waals surface area contributed by atoms with E-state index in [2.05, 4.69) is 15.0 Å². The van der Waals surface area contributed by atoms with E-state index in [1.54, 1.807) is 0 Å². The maximum Gasteiger partial charge on any atom is 0.316 e. The number of azo groups is 1. The van der Waals surface area contributed by atoms with Gasteiger partial charge in [-0.2, -0.15) is 39.7 Å². The fraction of sp³-hybridized carbons (Fsp3) is 0.0769. The fourth-order valence-corrected chi connectivity index (χ4v) is 6.03. The topological polar surface area (TPSA) is 246 Å². The van der Waals surface area contributed by atoms with Gasteiger partial charge < -0.3 is 9.29 Å². The van der Waals surface area contributed by atoms with Crippen LogP contribution in [0.15, 0.2) is 55.2 Å². The molecule has 19 heteroatoms. The molecule has 1 atom stereocenters. The Hall–Kier alpha value is -2.68. The standard InChI is InChI=1S/C13H13N3O12S4/c1-14-15-9-3-2-7(4-10(9)17)16-29(18)28-8-5-11(30(19,20)21)13(32(25,26)27)12(6-8)31(22,23)24/h2-6,16-17H,1H3,(H,19,20,21)(H,22,23,24)(H,25,26,27). The van der Waals surface area contributed by atoms with Crippen LogP contribution in [0, 0.1) is 0 Å². The lowest BCUT2D eigenvalue weighted by Crippen LogP contribution is -2.16. The van der Waals surface area contributed by atoms with Crippen LogP contribution in [0.4, 0.5) is 11.4 Å². The second-order valence-electron chi connectivity index (χ2n) is 5.60. The molecule has 0 aliphatic heterocycles. The summed E-state index contributed by atoms with van der Waals surface area (Å²) in [5.41, 5.74) is 0.0524. The molecular weight excluding hydrogens is 518 g/mol. The van der Waals surface area contributed by atoms with Crippen LogP contribution in [-0.2, 0) is 41.6 Å². The number of phenolic OH excluding ortho intramolecular Hbond substituents is 1. The molecule has 0 heterocycles. The molecule has 0 fully saturated rings. The number of hydrogen-bond acceptors (Lipinski definition) is 11. The van der Waals surface area contributed by atoms with Gasteiger partial charge in [-0.15, -0.1) is 0 Å². The van der Waals surface area contributed by atoms with Gasteiger partial charge in [0.05, 0.1) is 5.69 Å². The zero-order valence-electron chi connectivity index (χ0n) is 15.5. The third-order valence-electron chi connectivity index (χ3n) is 3.36. The Morgan fingerprint density at radius 3 is 1.84 bits per heavy atom. The molecule has 0 bridgehead atoms. The SMILES string of the molecule is CN=Nc1ccc(NS(=O)Oc2cc(S(=O)(=O)O)c(S(=O)(=O)O)c(S(=O)(=O)O)c2)cc1O. The first-order valence-corrected chi connectivity index (χ1v) is 13.0. The van der Waals surface area contributed by atoms with Gasteiger partial charge in [0.1, 0.15) is 31.9 Å². The van der Waals surface area contributed by atoms with Gasteiger partial charge in [-0.3, -0.25) is 18.4 Å². The lowest BCUT2D eigenvalue weighted by atomic mass is 10.3. The molecule has 0 saturated heterocycles. The maximum absolute atomic E-state index is 12.2. The van der Waals surface area contributed by atoms with Gasteiger partial charge in [0, 0.05) is 25.2 Å². The molecular formula is C13H13N3O12S4. The second kappa shape index (κ2) is 9.05. The third kappa shape index (κ3) is 6.18. The minimum atomic E-state index is -5.61. The van der Waals surface area contributed by atoms with Gasteiger partial charge >= 0.3 is 11.3 Å². The first kappa shape index (κ1) is 25.6. The second-order valence-corrected chi connectivity index (χ2v) is 10.6. The lowest BCUT2D eigenvalue weighted by molar-refractivity contribution is 0.453. The number of nitrogens with one attached hydrogen (secondary N) is 1. The summed E-state index contributed by atoms with van der Waals surface area (Å²) in [7, 11) is -15.3. The van der Waals surface area contributed by atoms with Crippen molar-refractivity contribution in [1.82, 2.24) is 0 Å². The highest BCUT2D eigenvalue weighted by Crippen LogP contribution is 2.34. The molecule has 0 amide bonds. The molecule has 32 heavy (non-hydrogen) atoms. The number of benzene rings is 2. The van der Waals surface area contributed by atoms with Crippen LogP contribution in [0.25, 0.3) is 0 Å². The van der Waals surface area contributed by atoms with Crippen LogP contribution in [0.3, 0.4) is 0 Å². The monoisotopic (exact) mass is 531 g/mol. The zero-order valence-corrected chi connectivity index (χ0v) is 18.7. The van der Waals surface area contributed by atoms with Gasteiger partial charge in [0.25, 0.3) is 30.4 Å². The van der Waals surface area contributed by atoms with E-state index in [1.807, 2.05) is 0 Å². The summed E-state index contributed by atoms with van der Waals surface area (Å²) in [6.07, 6.45) is 0. The summed E-state index contributed by atoms with van der Waals surface area (Å²) >= 11 is -2.62. The van der Waals surface area contributed by atoms with Crippen molar-refractivity contribution >= 4 is 53.0 Å². The average molecular weight is 532 g/mol. The molecule has 0 spiro atoms. The fourth-order valence-electron chi connectivity index (χ4n) is 2.22. The third-order valence-corrected chi connectivity index (χ3v) is 7.08. The van der Waals surface area contributed by atoms with Gasteiger partial charge in [-0.25, -0.2) is 0 Å². The van der Waals surface area contributed by atoms with E-state index in [-0.39, 0.29) is 29.3 Å². The number of rotatable bonds is 8. The highest BCUT2D eigenvalue weighted by Gasteiger charge is 2.34. The average Bonchev–Trinajstić information content (AvgIpc) is 2.61. The van der Waals surface area contributed by atoms with E-state index in [0.717, 1.165) is 6.07 Å². The Morgan fingerprint density at radius 1 is 0.906 bits per heavy atom. The van der Waals surface area contributed by atoms with Crippen LogP contribution in [-0.4, -0.2) is 55.3 Å². The van der Waals surface area contributed by atoms with Crippen molar-refractivity contribution in [2.45, 2.75) is 14.7 Å². The van der Waals surface area contributed by atoms with Crippen LogP contribution in [0.2, 0.25) is 0 Å². The molecule has 5 N–H and O–H groups in total. The van der Waals surface area contributed by atoms with E-state index < -0.39 is 62.1 Å². The van der Waals surface area contributed by atoms with Crippen LogP contribution < -0.4 is 8.91 Å². The van der Waals surface area contributed by atoms with Crippen molar-refractivity contribution in [3.63, 3.8) is 0 Å². The Bertz CT molecular complexity index is 1380. The summed E-state index contributed by atoms with van der Waals surface area (Å²) in [6.45, 7) is 0. The van der Waals surface area contributed by atoms with Crippen molar-refractivity contribution in [3.8, 4) is 11.5 Å². The first-order chi connectivity index (χ1) is 14.5. The Balaban J connectivity index is 2.53. The van der Waals surface area contributed by atoms with Gasteiger partial charge in [0.2, 0.25) is 0 Å². The number of anilines is 1. The smallest absolute Gasteiger partial charge is 0.316 e. The minimum Gasteiger partial charge on any atom is -0.506 e. The maximum atomic E-state index is 12.2. The minimum absolute atomic E-state index is 0.0181. The predicted octanol–water partition coefficient (Wildman–Crippen LogP) is 0.915.